The number of rotatable bonds is 7. The Balaban J connectivity index is 2.04. The van der Waals surface area contributed by atoms with Crippen LogP contribution in [0.25, 0.3) is 0 Å². The third kappa shape index (κ3) is 5.47. The van der Waals surface area contributed by atoms with Crippen LogP contribution in [-0.4, -0.2) is 23.6 Å². The van der Waals surface area contributed by atoms with Gasteiger partial charge in [0.05, 0.1) is 0 Å². The van der Waals surface area contributed by atoms with Crippen molar-refractivity contribution in [2.75, 3.05) is 6.61 Å². The normalized spacial score (nSPS) is 10.0. The summed E-state index contributed by atoms with van der Waals surface area (Å²) in [6.07, 6.45) is 1.91. The van der Waals surface area contributed by atoms with Gasteiger partial charge in [-0.1, -0.05) is 6.07 Å². The van der Waals surface area contributed by atoms with E-state index in [1.165, 1.54) is 4.88 Å². The number of carboxylic acid groups (broad SMARTS) is 1. The van der Waals surface area contributed by atoms with Gasteiger partial charge in [-0.25, -0.2) is 10.3 Å². The monoisotopic (exact) mass is 243 g/mol. The maximum atomic E-state index is 11.1. The second-order valence-corrected chi connectivity index (χ2v) is 4.17. The van der Waals surface area contributed by atoms with Gasteiger partial charge >= 0.3 is 5.97 Å². The van der Waals surface area contributed by atoms with Crippen LogP contribution >= 0.6 is 11.3 Å². The van der Waals surface area contributed by atoms with E-state index in [2.05, 4.69) is 10.3 Å². The molecular formula is C10H13NO4S. The minimum absolute atomic E-state index is 0.294. The summed E-state index contributed by atoms with van der Waals surface area (Å²) >= 11 is 1.66. The lowest BCUT2D eigenvalue weighted by Crippen LogP contribution is -2.26. The van der Waals surface area contributed by atoms with Crippen LogP contribution in [0.3, 0.4) is 0 Å². The Hall–Kier alpha value is -1.40. The van der Waals surface area contributed by atoms with E-state index in [1.807, 2.05) is 17.5 Å². The SMILES string of the molecule is O=C(O)CONC(=O)CCCc1cccs1. The molecule has 0 aromatic carbocycles. The molecule has 0 aliphatic rings. The minimum Gasteiger partial charge on any atom is -0.479 e. The number of carbonyl (C=O) groups is 2. The van der Waals surface area contributed by atoms with Gasteiger partial charge in [-0.05, 0) is 24.3 Å². The summed E-state index contributed by atoms with van der Waals surface area (Å²) in [7, 11) is 0. The summed E-state index contributed by atoms with van der Waals surface area (Å²) in [4.78, 5) is 26.9. The lowest BCUT2D eigenvalue weighted by atomic mass is 10.2. The number of amides is 1. The Morgan fingerprint density at radius 1 is 1.50 bits per heavy atom. The molecule has 0 saturated heterocycles. The maximum Gasteiger partial charge on any atom is 0.332 e. The standard InChI is InChI=1S/C10H13NO4S/c12-9(11-15-7-10(13)14)5-1-3-8-4-2-6-16-8/h2,4,6H,1,3,5,7H2,(H,11,12)(H,13,14). The molecule has 1 amide bonds. The van der Waals surface area contributed by atoms with Gasteiger partial charge in [0, 0.05) is 11.3 Å². The second kappa shape index (κ2) is 6.97. The van der Waals surface area contributed by atoms with E-state index in [1.54, 1.807) is 11.3 Å². The minimum atomic E-state index is -1.11. The smallest absolute Gasteiger partial charge is 0.332 e. The van der Waals surface area contributed by atoms with Gasteiger partial charge in [-0.2, -0.15) is 0 Å². The van der Waals surface area contributed by atoms with Gasteiger partial charge in [0.15, 0.2) is 6.61 Å². The van der Waals surface area contributed by atoms with E-state index in [4.69, 9.17) is 5.11 Å². The van der Waals surface area contributed by atoms with Crippen molar-refractivity contribution in [3.8, 4) is 0 Å². The van der Waals surface area contributed by atoms with Crippen molar-refractivity contribution in [3.05, 3.63) is 22.4 Å². The van der Waals surface area contributed by atoms with Crippen LogP contribution in [0.2, 0.25) is 0 Å². The Bertz CT molecular complexity index is 337. The largest absolute Gasteiger partial charge is 0.479 e. The predicted octanol–water partition coefficient (Wildman–Crippen LogP) is 1.20. The van der Waals surface area contributed by atoms with Crippen LogP contribution in [0.4, 0.5) is 0 Å². The highest BCUT2D eigenvalue weighted by Gasteiger charge is 2.03. The first kappa shape index (κ1) is 12.7. The quantitative estimate of drug-likeness (QED) is 0.706. The third-order valence-corrected chi connectivity index (χ3v) is 2.72. The number of carbonyl (C=O) groups excluding carboxylic acids is 1. The van der Waals surface area contributed by atoms with E-state index < -0.39 is 12.6 Å². The number of hydrogen-bond donors (Lipinski definition) is 2. The first-order valence-corrected chi connectivity index (χ1v) is 5.71. The number of nitrogens with one attached hydrogen (secondary N) is 1. The fourth-order valence-corrected chi connectivity index (χ4v) is 1.86. The predicted molar refractivity (Wildman–Crippen MR) is 59.0 cm³/mol. The summed E-state index contributed by atoms with van der Waals surface area (Å²) in [6, 6.07) is 3.99. The zero-order valence-corrected chi connectivity index (χ0v) is 9.46. The van der Waals surface area contributed by atoms with Crippen LogP contribution in [0.5, 0.6) is 0 Å². The Morgan fingerprint density at radius 3 is 2.94 bits per heavy atom. The van der Waals surface area contributed by atoms with Crippen LogP contribution < -0.4 is 5.48 Å². The fraction of sp³-hybridized carbons (Fsp3) is 0.400. The van der Waals surface area contributed by atoms with Gasteiger partial charge in [-0.15, -0.1) is 11.3 Å². The molecule has 0 radical (unpaired) electrons. The molecule has 1 rings (SSSR count). The fourth-order valence-electron chi connectivity index (χ4n) is 1.11. The van der Waals surface area contributed by atoms with Crippen molar-refractivity contribution in [1.82, 2.24) is 5.48 Å². The number of carboxylic acids is 1. The van der Waals surface area contributed by atoms with E-state index in [0.717, 1.165) is 12.8 Å². The molecule has 2 N–H and O–H groups in total. The summed E-state index contributed by atoms with van der Waals surface area (Å²) in [6.45, 7) is -0.517. The molecule has 88 valence electrons. The molecule has 0 bridgehead atoms. The number of aryl methyl sites for hydroxylation is 1. The first-order valence-electron chi connectivity index (χ1n) is 4.83. The molecule has 6 heteroatoms. The first-order chi connectivity index (χ1) is 7.68. The summed E-state index contributed by atoms with van der Waals surface area (Å²) in [5.74, 6) is -1.41. The molecule has 0 aliphatic carbocycles. The van der Waals surface area contributed by atoms with Gasteiger partial charge in [0.25, 0.3) is 0 Å². The zero-order valence-electron chi connectivity index (χ0n) is 8.64. The van der Waals surface area contributed by atoms with E-state index in [9.17, 15) is 9.59 Å². The van der Waals surface area contributed by atoms with Crippen LogP contribution in [-0.2, 0) is 20.8 Å². The molecule has 0 unspecified atom stereocenters. The highest BCUT2D eigenvalue weighted by atomic mass is 32.1. The molecule has 5 nitrogen and oxygen atoms in total. The molecule has 1 heterocycles. The van der Waals surface area contributed by atoms with Crippen molar-refractivity contribution in [2.24, 2.45) is 0 Å². The number of aliphatic carboxylic acids is 1. The maximum absolute atomic E-state index is 11.1. The van der Waals surface area contributed by atoms with Gasteiger partial charge in [0.2, 0.25) is 5.91 Å². The molecule has 0 spiro atoms. The van der Waals surface area contributed by atoms with E-state index >= 15 is 0 Å². The lowest BCUT2D eigenvalue weighted by molar-refractivity contribution is -0.149. The van der Waals surface area contributed by atoms with Crippen LogP contribution in [0, 0.1) is 0 Å². The Labute approximate surface area is 97.0 Å². The van der Waals surface area contributed by atoms with Crippen LogP contribution in [0.1, 0.15) is 17.7 Å². The highest BCUT2D eigenvalue weighted by Crippen LogP contribution is 2.11. The summed E-state index contributed by atoms with van der Waals surface area (Å²) < 4.78 is 0. The van der Waals surface area contributed by atoms with E-state index in [-0.39, 0.29) is 5.91 Å². The topological polar surface area (TPSA) is 75.6 Å². The number of thiophene rings is 1. The molecule has 0 atom stereocenters. The Kier molecular flexibility index (Phi) is 5.52. The van der Waals surface area contributed by atoms with Crippen molar-refractivity contribution in [2.45, 2.75) is 19.3 Å². The summed E-state index contributed by atoms with van der Waals surface area (Å²) in [5, 5.41) is 10.2. The molecule has 1 aromatic heterocycles. The number of hydrogen-bond acceptors (Lipinski definition) is 4. The number of hydroxylamine groups is 1. The zero-order chi connectivity index (χ0) is 11.8. The third-order valence-electron chi connectivity index (χ3n) is 1.79. The highest BCUT2D eigenvalue weighted by molar-refractivity contribution is 7.09. The van der Waals surface area contributed by atoms with Crippen LogP contribution in [0.15, 0.2) is 17.5 Å². The van der Waals surface area contributed by atoms with Crippen molar-refractivity contribution >= 4 is 23.2 Å². The van der Waals surface area contributed by atoms with Crippen molar-refractivity contribution in [3.63, 3.8) is 0 Å². The van der Waals surface area contributed by atoms with E-state index in [0.29, 0.717) is 6.42 Å². The molecule has 0 saturated carbocycles. The average molecular weight is 243 g/mol. The van der Waals surface area contributed by atoms with Gasteiger partial charge < -0.3 is 5.11 Å². The van der Waals surface area contributed by atoms with Crippen molar-refractivity contribution in [1.29, 1.82) is 0 Å². The summed E-state index contributed by atoms with van der Waals surface area (Å²) in [5.41, 5.74) is 2.08. The Morgan fingerprint density at radius 2 is 2.31 bits per heavy atom. The molecular weight excluding hydrogens is 230 g/mol. The molecule has 0 fully saturated rings. The molecule has 16 heavy (non-hydrogen) atoms. The second-order valence-electron chi connectivity index (χ2n) is 3.14. The molecule has 1 aromatic rings. The molecule has 0 aliphatic heterocycles. The lowest BCUT2D eigenvalue weighted by Gasteiger charge is -2.02. The van der Waals surface area contributed by atoms with Gasteiger partial charge in [-0.3, -0.25) is 9.63 Å². The van der Waals surface area contributed by atoms with Gasteiger partial charge in [0.1, 0.15) is 0 Å². The average Bonchev–Trinajstić information content (AvgIpc) is 2.70. The van der Waals surface area contributed by atoms with Crippen molar-refractivity contribution < 1.29 is 19.5 Å².